The molecule has 0 heterocycles. The topological polar surface area (TPSA) is 24.5 Å². The van der Waals surface area contributed by atoms with E-state index < -0.39 is 0 Å². The first kappa shape index (κ1) is 14.5. The van der Waals surface area contributed by atoms with Crippen molar-refractivity contribution >= 4 is 0 Å². The third kappa shape index (κ3) is 4.60. The zero-order valence-electron chi connectivity index (χ0n) is 12.2. The molecular weight excluding hydrogens is 236 g/mol. The first-order valence-corrected chi connectivity index (χ1v) is 7.32. The van der Waals surface area contributed by atoms with Gasteiger partial charge in [0.05, 0.1) is 12.7 Å². The van der Waals surface area contributed by atoms with Crippen LogP contribution in [-0.4, -0.2) is 45.2 Å². The molecule has 0 saturated carbocycles. The first-order chi connectivity index (χ1) is 9.27. The number of rotatable bonds is 7. The Balaban J connectivity index is 1.70. The number of hydrogen-bond acceptors (Lipinski definition) is 3. The Kier molecular flexibility index (Phi) is 5.83. The Morgan fingerprint density at radius 1 is 1.26 bits per heavy atom. The van der Waals surface area contributed by atoms with Gasteiger partial charge >= 0.3 is 0 Å². The lowest BCUT2D eigenvalue weighted by Gasteiger charge is -2.25. The molecule has 0 aromatic heterocycles. The van der Waals surface area contributed by atoms with Crippen LogP contribution in [0.5, 0.6) is 0 Å². The second-order valence-electron chi connectivity index (χ2n) is 5.50. The van der Waals surface area contributed by atoms with Gasteiger partial charge in [-0.2, -0.15) is 0 Å². The number of fused-ring (bicyclic) bond motifs is 1. The van der Waals surface area contributed by atoms with Crippen molar-refractivity contribution in [2.24, 2.45) is 0 Å². The summed E-state index contributed by atoms with van der Waals surface area (Å²) in [6.45, 7) is 3.84. The maximum absolute atomic E-state index is 6.04. The summed E-state index contributed by atoms with van der Waals surface area (Å²) in [4.78, 5) is 2.19. The van der Waals surface area contributed by atoms with Crippen LogP contribution in [0.4, 0.5) is 0 Å². The maximum atomic E-state index is 6.04. The number of aryl methyl sites for hydroxylation is 1. The molecule has 0 fully saturated rings. The second kappa shape index (κ2) is 7.63. The highest BCUT2D eigenvalue weighted by Crippen LogP contribution is 2.31. The molecular formula is C16H26N2O. The maximum Gasteiger partial charge on any atom is 0.0828 e. The Bertz CT molecular complexity index is 379. The van der Waals surface area contributed by atoms with Crippen molar-refractivity contribution < 1.29 is 4.74 Å². The number of nitrogens with one attached hydrogen (secondary N) is 1. The highest BCUT2D eigenvalue weighted by Gasteiger charge is 2.19. The lowest BCUT2D eigenvalue weighted by Crippen LogP contribution is -2.29. The Morgan fingerprint density at radius 3 is 2.95 bits per heavy atom. The van der Waals surface area contributed by atoms with E-state index >= 15 is 0 Å². The molecule has 1 unspecified atom stereocenters. The molecule has 0 bridgehead atoms. The largest absolute Gasteiger partial charge is 0.372 e. The average molecular weight is 262 g/mol. The SMILES string of the molecule is CN(C)CCNCCOC1CCCc2ccccc21. The molecule has 1 aromatic carbocycles. The summed E-state index contributed by atoms with van der Waals surface area (Å²) in [5.74, 6) is 0. The lowest BCUT2D eigenvalue weighted by molar-refractivity contribution is 0.0426. The predicted molar refractivity (Wildman–Crippen MR) is 79.5 cm³/mol. The molecule has 1 aliphatic carbocycles. The molecule has 3 nitrogen and oxygen atoms in total. The number of ether oxygens (including phenoxy) is 1. The molecule has 0 spiro atoms. The van der Waals surface area contributed by atoms with Crippen LogP contribution in [0.3, 0.4) is 0 Å². The third-order valence-corrected chi connectivity index (χ3v) is 3.65. The second-order valence-corrected chi connectivity index (χ2v) is 5.50. The molecule has 2 rings (SSSR count). The van der Waals surface area contributed by atoms with Gasteiger partial charge in [-0.05, 0) is 44.5 Å². The Labute approximate surface area is 116 Å². The summed E-state index contributed by atoms with van der Waals surface area (Å²) in [5, 5.41) is 3.41. The molecule has 0 aliphatic heterocycles. The highest BCUT2D eigenvalue weighted by atomic mass is 16.5. The zero-order chi connectivity index (χ0) is 13.5. The quantitative estimate of drug-likeness (QED) is 0.763. The summed E-state index contributed by atoms with van der Waals surface area (Å²) >= 11 is 0. The summed E-state index contributed by atoms with van der Waals surface area (Å²) in [6, 6.07) is 8.71. The van der Waals surface area contributed by atoms with Gasteiger partial charge in [0.25, 0.3) is 0 Å². The van der Waals surface area contributed by atoms with Gasteiger partial charge in [0.15, 0.2) is 0 Å². The number of benzene rings is 1. The van der Waals surface area contributed by atoms with Crippen molar-refractivity contribution in [3.8, 4) is 0 Å². The molecule has 0 amide bonds. The minimum absolute atomic E-state index is 0.306. The van der Waals surface area contributed by atoms with Crippen LogP contribution in [-0.2, 0) is 11.2 Å². The summed E-state index contributed by atoms with van der Waals surface area (Å²) in [6.07, 6.45) is 3.92. The van der Waals surface area contributed by atoms with Gasteiger partial charge in [-0.3, -0.25) is 0 Å². The van der Waals surface area contributed by atoms with Gasteiger partial charge in [-0.25, -0.2) is 0 Å². The monoisotopic (exact) mass is 262 g/mol. The molecule has 19 heavy (non-hydrogen) atoms. The number of nitrogens with zero attached hydrogens (tertiary/aromatic N) is 1. The molecule has 1 atom stereocenters. The van der Waals surface area contributed by atoms with E-state index in [1.54, 1.807) is 0 Å². The van der Waals surface area contributed by atoms with Crippen molar-refractivity contribution in [3.05, 3.63) is 35.4 Å². The van der Waals surface area contributed by atoms with Crippen LogP contribution in [0, 0.1) is 0 Å². The average Bonchev–Trinajstić information content (AvgIpc) is 2.42. The number of hydrogen-bond donors (Lipinski definition) is 1. The van der Waals surface area contributed by atoms with Crippen LogP contribution in [0.25, 0.3) is 0 Å². The van der Waals surface area contributed by atoms with Gasteiger partial charge in [0.1, 0.15) is 0 Å². The van der Waals surface area contributed by atoms with Crippen molar-refractivity contribution in [1.29, 1.82) is 0 Å². The van der Waals surface area contributed by atoms with E-state index in [1.165, 1.54) is 24.0 Å². The summed E-state index contributed by atoms with van der Waals surface area (Å²) in [7, 11) is 4.19. The van der Waals surface area contributed by atoms with E-state index in [-0.39, 0.29) is 0 Å². The van der Waals surface area contributed by atoms with Gasteiger partial charge in [-0.15, -0.1) is 0 Å². The molecule has 1 N–H and O–H groups in total. The molecule has 0 radical (unpaired) electrons. The van der Waals surface area contributed by atoms with Gasteiger partial charge < -0.3 is 15.0 Å². The van der Waals surface area contributed by atoms with Crippen LogP contribution in [0.1, 0.15) is 30.1 Å². The van der Waals surface area contributed by atoms with Crippen LogP contribution >= 0.6 is 0 Å². The summed E-state index contributed by atoms with van der Waals surface area (Å²) in [5.41, 5.74) is 2.88. The normalized spacial score (nSPS) is 18.6. The Hall–Kier alpha value is -0.900. The smallest absolute Gasteiger partial charge is 0.0828 e. The molecule has 3 heteroatoms. The first-order valence-electron chi connectivity index (χ1n) is 7.32. The zero-order valence-corrected chi connectivity index (χ0v) is 12.2. The molecule has 1 aromatic rings. The fourth-order valence-corrected chi connectivity index (χ4v) is 2.58. The van der Waals surface area contributed by atoms with Crippen molar-refractivity contribution in [2.75, 3.05) is 40.3 Å². The lowest BCUT2D eigenvalue weighted by atomic mass is 9.89. The van der Waals surface area contributed by atoms with E-state index in [4.69, 9.17) is 4.74 Å². The molecule has 1 aliphatic rings. The van der Waals surface area contributed by atoms with E-state index in [9.17, 15) is 0 Å². The van der Waals surface area contributed by atoms with Crippen molar-refractivity contribution in [1.82, 2.24) is 10.2 Å². The third-order valence-electron chi connectivity index (χ3n) is 3.65. The van der Waals surface area contributed by atoms with Crippen molar-refractivity contribution in [2.45, 2.75) is 25.4 Å². The fourth-order valence-electron chi connectivity index (χ4n) is 2.58. The van der Waals surface area contributed by atoms with Crippen molar-refractivity contribution in [3.63, 3.8) is 0 Å². The van der Waals surface area contributed by atoms with E-state index in [1.807, 2.05) is 0 Å². The van der Waals surface area contributed by atoms with E-state index in [0.29, 0.717) is 6.10 Å². The summed E-state index contributed by atoms with van der Waals surface area (Å²) < 4.78 is 6.04. The van der Waals surface area contributed by atoms with Crippen LogP contribution in [0.2, 0.25) is 0 Å². The van der Waals surface area contributed by atoms with E-state index in [0.717, 1.165) is 32.7 Å². The fraction of sp³-hybridized carbons (Fsp3) is 0.625. The minimum atomic E-state index is 0.306. The molecule has 0 saturated heterocycles. The van der Waals surface area contributed by atoms with Gasteiger partial charge in [-0.1, -0.05) is 24.3 Å². The van der Waals surface area contributed by atoms with Gasteiger partial charge in [0.2, 0.25) is 0 Å². The molecule has 106 valence electrons. The minimum Gasteiger partial charge on any atom is -0.372 e. The van der Waals surface area contributed by atoms with Crippen LogP contribution in [0.15, 0.2) is 24.3 Å². The van der Waals surface area contributed by atoms with Crippen LogP contribution < -0.4 is 5.32 Å². The highest BCUT2D eigenvalue weighted by molar-refractivity contribution is 5.31. The predicted octanol–water partition coefficient (Wildman–Crippen LogP) is 2.23. The van der Waals surface area contributed by atoms with E-state index in [2.05, 4.69) is 48.6 Å². The van der Waals surface area contributed by atoms with Gasteiger partial charge in [0, 0.05) is 19.6 Å². The standard InChI is InChI=1S/C16H26N2O/c1-18(2)12-10-17-11-13-19-16-9-5-7-14-6-3-4-8-15(14)16/h3-4,6,8,16-17H,5,7,9-13H2,1-2H3. The number of likely N-dealkylation sites (N-methyl/N-ethyl adjacent to an activating group) is 1. The Morgan fingerprint density at radius 2 is 2.11 bits per heavy atom.